The highest BCUT2D eigenvalue weighted by Crippen LogP contribution is 2.34. The molecule has 1 amide bonds. The van der Waals surface area contributed by atoms with Gasteiger partial charge in [-0.25, -0.2) is 9.37 Å². The maximum atomic E-state index is 14.1. The van der Waals surface area contributed by atoms with E-state index in [0.717, 1.165) is 25.9 Å². The van der Waals surface area contributed by atoms with Crippen molar-refractivity contribution >= 4 is 29.0 Å². The summed E-state index contributed by atoms with van der Waals surface area (Å²) in [6.07, 6.45) is 3.36. The van der Waals surface area contributed by atoms with Crippen LogP contribution < -0.4 is 15.0 Å². The minimum Gasteiger partial charge on any atom is -0.420 e. The molecule has 3 aromatic rings. The topological polar surface area (TPSA) is 78.2 Å². The Morgan fingerprint density at radius 2 is 1.82 bits per heavy atom. The standard InChI is InChI=1S/C24H18ClF3N4O2/c25-24(27,28)34-19-7-5-18(6-8-19)31-23(33)16-11-21(20-12-17(26)4-3-15(20)13-29)22(30-14-16)32-9-1-2-10-32/h3-8,11-12,14H,1-2,9-10H2,(H,31,33). The van der Waals surface area contributed by atoms with E-state index in [0.29, 0.717) is 22.6 Å². The van der Waals surface area contributed by atoms with Gasteiger partial charge in [0.1, 0.15) is 17.4 Å². The molecule has 2 aromatic carbocycles. The van der Waals surface area contributed by atoms with E-state index >= 15 is 0 Å². The average Bonchev–Trinajstić information content (AvgIpc) is 3.34. The van der Waals surface area contributed by atoms with Crippen LogP contribution in [0.4, 0.5) is 24.7 Å². The summed E-state index contributed by atoms with van der Waals surface area (Å²) in [4.78, 5) is 19.4. The molecule has 0 radical (unpaired) electrons. The number of carbonyl (C=O) groups is 1. The second-order valence-corrected chi connectivity index (χ2v) is 8.06. The molecule has 0 saturated carbocycles. The van der Waals surface area contributed by atoms with Crippen LogP contribution >= 0.6 is 11.6 Å². The second-order valence-electron chi connectivity index (χ2n) is 7.62. The minimum atomic E-state index is -3.84. The van der Waals surface area contributed by atoms with Crippen LogP contribution in [-0.2, 0) is 0 Å². The van der Waals surface area contributed by atoms with E-state index in [1.54, 1.807) is 6.07 Å². The van der Waals surface area contributed by atoms with Crippen molar-refractivity contribution in [2.24, 2.45) is 0 Å². The van der Waals surface area contributed by atoms with Crippen molar-refractivity contribution < 1.29 is 22.7 Å². The molecule has 0 bridgehead atoms. The number of alkyl halides is 3. The Labute approximate surface area is 198 Å². The van der Waals surface area contributed by atoms with Crippen molar-refractivity contribution in [3.8, 4) is 22.9 Å². The predicted molar refractivity (Wildman–Crippen MR) is 122 cm³/mol. The Hall–Kier alpha value is -3.77. The van der Waals surface area contributed by atoms with Gasteiger partial charge in [-0.3, -0.25) is 4.79 Å². The Bertz CT molecular complexity index is 1250. The van der Waals surface area contributed by atoms with Gasteiger partial charge in [-0.1, -0.05) is 0 Å². The first-order valence-corrected chi connectivity index (χ1v) is 10.7. The zero-order chi connectivity index (χ0) is 24.3. The van der Waals surface area contributed by atoms with Crippen molar-refractivity contribution in [2.75, 3.05) is 23.3 Å². The number of hydrogen-bond acceptors (Lipinski definition) is 5. The van der Waals surface area contributed by atoms with E-state index in [2.05, 4.69) is 21.1 Å². The number of nitriles is 1. The van der Waals surface area contributed by atoms with Crippen molar-refractivity contribution in [1.29, 1.82) is 5.26 Å². The third-order valence-corrected chi connectivity index (χ3v) is 5.35. The first-order valence-electron chi connectivity index (χ1n) is 10.4. The fourth-order valence-corrected chi connectivity index (χ4v) is 3.83. The number of pyridine rings is 1. The molecule has 1 fully saturated rings. The molecule has 1 aliphatic heterocycles. The smallest absolute Gasteiger partial charge is 0.420 e. The van der Waals surface area contributed by atoms with Crippen molar-refractivity contribution in [1.82, 2.24) is 4.98 Å². The van der Waals surface area contributed by atoms with Gasteiger partial charge in [-0.15, -0.1) is 8.78 Å². The van der Waals surface area contributed by atoms with E-state index in [1.807, 2.05) is 4.90 Å². The third-order valence-electron chi connectivity index (χ3n) is 5.27. The van der Waals surface area contributed by atoms with Crippen LogP contribution in [0.15, 0.2) is 54.7 Å². The minimum absolute atomic E-state index is 0.174. The normalized spacial score (nSPS) is 13.4. The van der Waals surface area contributed by atoms with E-state index < -0.39 is 17.3 Å². The molecule has 0 spiro atoms. The summed E-state index contributed by atoms with van der Waals surface area (Å²) in [6.45, 7) is 1.52. The highest BCUT2D eigenvalue weighted by molar-refractivity contribution is 6.20. The zero-order valence-corrected chi connectivity index (χ0v) is 18.5. The number of rotatable bonds is 6. The predicted octanol–water partition coefficient (Wildman–Crippen LogP) is 5.78. The molecule has 1 aliphatic rings. The molecule has 34 heavy (non-hydrogen) atoms. The van der Waals surface area contributed by atoms with Gasteiger partial charge >= 0.3 is 5.57 Å². The Balaban J connectivity index is 1.65. The molecular formula is C24H18ClF3N4O2. The summed E-state index contributed by atoms with van der Waals surface area (Å²) in [5, 5.41) is 12.2. The zero-order valence-electron chi connectivity index (χ0n) is 17.7. The van der Waals surface area contributed by atoms with Crippen LogP contribution in [0.3, 0.4) is 0 Å². The molecule has 0 atom stereocenters. The molecule has 4 rings (SSSR count). The lowest BCUT2D eigenvalue weighted by Gasteiger charge is -2.21. The molecule has 0 unspecified atom stereocenters. The van der Waals surface area contributed by atoms with Crippen molar-refractivity contribution in [3.63, 3.8) is 0 Å². The maximum Gasteiger partial charge on any atom is 0.487 e. The van der Waals surface area contributed by atoms with Gasteiger partial charge in [0, 0.05) is 47.7 Å². The average molecular weight is 487 g/mol. The highest BCUT2D eigenvalue weighted by Gasteiger charge is 2.27. The number of benzene rings is 2. The van der Waals surface area contributed by atoms with Crippen LogP contribution in [0.2, 0.25) is 0 Å². The highest BCUT2D eigenvalue weighted by atomic mass is 35.5. The Kier molecular flexibility index (Phi) is 6.61. The van der Waals surface area contributed by atoms with Gasteiger partial charge in [0.25, 0.3) is 5.91 Å². The van der Waals surface area contributed by atoms with Gasteiger partial charge in [0.05, 0.1) is 17.2 Å². The van der Waals surface area contributed by atoms with E-state index in [-0.39, 0.29) is 16.9 Å². The summed E-state index contributed by atoms with van der Waals surface area (Å²) in [7, 11) is 0. The summed E-state index contributed by atoms with van der Waals surface area (Å²) >= 11 is 4.75. The van der Waals surface area contributed by atoms with Gasteiger partial charge in [0.2, 0.25) is 0 Å². The molecule has 6 nitrogen and oxygen atoms in total. The van der Waals surface area contributed by atoms with Crippen LogP contribution in [-0.4, -0.2) is 29.5 Å². The first kappa shape index (κ1) is 23.4. The second kappa shape index (κ2) is 9.61. The molecule has 2 heterocycles. The molecule has 174 valence electrons. The maximum absolute atomic E-state index is 14.1. The number of ether oxygens (including phenoxy) is 1. The summed E-state index contributed by atoms with van der Waals surface area (Å²) < 4.78 is 43.8. The van der Waals surface area contributed by atoms with Crippen molar-refractivity contribution in [2.45, 2.75) is 18.4 Å². The number of carbonyl (C=O) groups excluding carboxylic acids is 1. The lowest BCUT2D eigenvalue weighted by Crippen LogP contribution is -2.21. The lowest BCUT2D eigenvalue weighted by atomic mass is 9.98. The number of aromatic nitrogens is 1. The number of halogens is 4. The SMILES string of the molecule is N#Cc1ccc(F)cc1-c1cc(C(=O)Nc2ccc(OC(F)(F)Cl)cc2)cnc1N1CCCC1. The van der Waals surface area contributed by atoms with Crippen LogP contribution in [0.5, 0.6) is 5.75 Å². The van der Waals surface area contributed by atoms with E-state index in [4.69, 9.17) is 11.6 Å². The first-order chi connectivity index (χ1) is 16.2. The fraction of sp³-hybridized carbons (Fsp3) is 0.208. The quantitative estimate of drug-likeness (QED) is 0.447. The van der Waals surface area contributed by atoms with Gasteiger partial charge in [-0.2, -0.15) is 5.26 Å². The Morgan fingerprint density at radius 3 is 2.47 bits per heavy atom. The van der Waals surface area contributed by atoms with Gasteiger partial charge < -0.3 is 15.0 Å². The monoisotopic (exact) mass is 486 g/mol. The largest absolute Gasteiger partial charge is 0.487 e. The van der Waals surface area contributed by atoms with E-state index in [1.165, 1.54) is 48.7 Å². The molecule has 1 saturated heterocycles. The van der Waals surface area contributed by atoms with Gasteiger partial charge in [0.15, 0.2) is 0 Å². The number of amides is 1. The molecule has 10 heteroatoms. The molecule has 1 N–H and O–H groups in total. The van der Waals surface area contributed by atoms with Crippen LogP contribution in [0, 0.1) is 17.1 Å². The molecule has 0 aliphatic carbocycles. The van der Waals surface area contributed by atoms with Crippen molar-refractivity contribution in [3.05, 3.63) is 71.7 Å². The van der Waals surface area contributed by atoms with Crippen LogP contribution in [0.1, 0.15) is 28.8 Å². The summed E-state index contributed by atoms with van der Waals surface area (Å²) in [5.74, 6) is -0.638. The summed E-state index contributed by atoms with van der Waals surface area (Å²) in [5.41, 5.74) is -2.27. The van der Waals surface area contributed by atoms with E-state index in [9.17, 15) is 23.2 Å². The third kappa shape index (κ3) is 5.41. The fourth-order valence-electron chi connectivity index (χ4n) is 3.74. The number of nitrogens with one attached hydrogen (secondary N) is 1. The van der Waals surface area contributed by atoms with Crippen LogP contribution in [0.25, 0.3) is 11.1 Å². The lowest BCUT2D eigenvalue weighted by molar-refractivity contribution is -0.0964. The van der Waals surface area contributed by atoms with Gasteiger partial charge in [-0.05, 0) is 61.4 Å². The molecule has 1 aromatic heterocycles. The number of nitrogens with zero attached hydrogens (tertiary/aromatic N) is 3. The number of anilines is 2. The Morgan fingerprint density at radius 1 is 1.12 bits per heavy atom. The molecular weight excluding hydrogens is 469 g/mol. The number of hydrogen-bond donors (Lipinski definition) is 1. The summed E-state index contributed by atoms with van der Waals surface area (Å²) in [6, 6.07) is 12.7.